The van der Waals surface area contributed by atoms with Crippen LogP contribution in [0.3, 0.4) is 0 Å². The van der Waals surface area contributed by atoms with Gasteiger partial charge in [-0.25, -0.2) is 0 Å². The van der Waals surface area contributed by atoms with Gasteiger partial charge in [0.1, 0.15) is 0 Å². The zero-order valence-electron chi connectivity index (χ0n) is 16.7. The van der Waals surface area contributed by atoms with Gasteiger partial charge in [0.15, 0.2) is 0 Å². The van der Waals surface area contributed by atoms with Crippen LogP contribution in [0.5, 0.6) is 0 Å². The summed E-state index contributed by atoms with van der Waals surface area (Å²) in [6, 6.07) is 0. The first-order valence-electron chi connectivity index (χ1n) is 10.8. The average Bonchev–Trinajstić information content (AvgIpc) is 2.60. The molecule has 0 heterocycles. The fourth-order valence-electron chi connectivity index (χ4n) is 2.85. The van der Waals surface area contributed by atoms with Gasteiger partial charge in [0, 0.05) is 25.7 Å². The summed E-state index contributed by atoms with van der Waals surface area (Å²) >= 11 is 0. The lowest BCUT2D eigenvalue weighted by Crippen LogP contribution is -1.83. The van der Waals surface area contributed by atoms with Crippen molar-refractivity contribution in [1.82, 2.24) is 0 Å². The molecule has 0 spiro atoms. The smallest absolute Gasteiger partial charge is 0.00886 e. The summed E-state index contributed by atoms with van der Waals surface area (Å²) in [6.07, 6.45) is 23.7. The van der Waals surface area contributed by atoms with Gasteiger partial charge in [-0.1, -0.05) is 84.5 Å². The van der Waals surface area contributed by atoms with E-state index in [0.717, 1.165) is 25.7 Å². The molecular formula is C24H42. The van der Waals surface area contributed by atoms with Gasteiger partial charge in [-0.05, 0) is 19.3 Å². The van der Waals surface area contributed by atoms with E-state index in [0.29, 0.717) is 0 Å². The van der Waals surface area contributed by atoms with Gasteiger partial charge in [0.05, 0.1) is 0 Å². The molecule has 0 radical (unpaired) electrons. The standard InChI is InChI=1S/C24H42/c1-3-5-7-9-11-13-15-17-19-21-23-24-22-20-18-16-14-12-10-8-6-4-2/h3-5,7,10,12-24H2,1-2H3. The summed E-state index contributed by atoms with van der Waals surface area (Å²) in [5, 5.41) is 0. The zero-order valence-corrected chi connectivity index (χ0v) is 16.7. The second-order valence-electron chi connectivity index (χ2n) is 6.91. The number of hydrogen-bond donors (Lipinski definition) is 0. The number of unbranched alkanes of at least 4 members (excludes halogenated alkanes) is 15. The largest absolute Gasteiger partial charge is 0.104 e. The van der Waals surface area contributed by atoms with Gasteiger partial charge in [-0.3, -0.25) is 0 Å². The minimum Gasteiger partial charge on any atom is -0.104 e. The SMILES string of the molecule is CCC#CCCCCCCCCCCCCCCC#CCCCC. The average molecular weight is 331 g/mol. The van der Waals surface area contributed by atoms with E-state index in [1.807, 2.05) is 0 Å². The van der Waals surface area contributed by atoms with Crippen molar-refractivity contribution >= 4 is 0 Å². The van der Waals surface area contributed by atoms with Crippen molar-refractivity contribution in [2.45, 2.75) is 129 Å². The first kappa shape index (κ1) is 23.1. The van der Waals surface area contributed by atoms with Gasteiger partial charge in [-0.2, -0.15) is 0 Å². The third-order valence-corrected chi connectivity index (χ3v) is 4.44. The highest BCUT2D eigenvalue weighted by Gasteiger charge is 1.93. The number of hydrogen-bond acceptors (Lipinski definition) is 0. The van der Waals surface area contributed by atoms with E-state index in [9.17, 15) is 0 Å². The Morgan fingerprint density at radius 3 is 1.08 bits per heavy atom. The highest BCUT2D eigenvalue weighted by atomic mass is 14.0. The highest BCUT2D eigenvalue weighted by molar-refractivity contribution is 4.98. The number of rotatable bonds is 15. The fraction of sp³-hybridized carbons (Fsp3) is 0.833. The Labute approximate surface area is 153 Å². The Kier molecular flexibility index (Phi) is 21.3. The molecule has 0 nitrogen and oxygen atoms in total. The summed E-state index contributed by atoms with van der Waals surface area (Å²) in [7, 11) is 0. The van der Waals surface area contributed by atoms with Crippen LogP contribution >= 0.6 is 0 Å². The Balaban J connectivity index is 3.06. The molecule has 0 heteroatoms. The fourth-order valence-corrected chi connectivity index (χ4v) is 2.85. The second kappa shape index (κ2) is 22.1. The van der Waals surface area contributed by atoms with Crippen LogP contribution in [-0.4, -0.2) is 0 Å². The summed E-state index contributed by atoms with van der Waals surface area (Å²) < 4.78 is 0. The summed E-state index contributed by atoms with van der Waals surface area (Å²) in [5.74, 6) is 13.0. The van der Waals surface area contributed by atoms with Crippen LogP contribution in [0.25, 0.3) is 0 Å². The van der Waals surface area contributed by atoms with E-state index in [1.54, 1.807) is 0 Å². The molecule has 0 amide bonds. The minimum absolute atomic E-state index is 1.01. The minimum atomic E-state index is 1.01. The summed E-state index contributed by atoms with van der Waals surface area (Å²) in [6.45, 7) is 4.35. The van der Waals surface area contributed by atoms with Crippen LogP contribution in [-0.2, 0) is 0 Å². The highest BCUT2D eigenvalue weighted by Crippen LogP contribution is 2.12. The molecule has 138 valence electrons. The lowest BCUT2D eigenvalue weighted by Gasteiger charge is -2.02. The first-order valence-corrected chi connectivity index (χ1v) is 10.8. The van der Waals surface area contributed by atoms with E-state index in [-0.39, 0.29) is 0 Å². The van der Waals surface area contributed by atoms with Crippen molar-refractivity contribution in [3.05, 3.63) is 0 Å². The third-order valence-electron chi connectivity index (χ3n) is 4.44. The molecule has 0 aromatic carbocycles. The molecule has 0 saturated heterocycles. The maximum Gasteiger partial charge on any atom is 0.00886 e. The van der Waals surface area contributed by atoms with E-state index in [1.165, 1.54) is 89.9 Å². The molecule has 0 N–H and O–H groups in total. The Morgan fingerprint density at radius 2 is 0.708 bits per heavy atom. The van der Waals surface area contributed by atoms with E-state index < -0.39 is 0 Å². The summed E-state index contributed by atoms with van der Waals surface area (Å²) in [4.78, 5) is 0. The molecule has 0 rings (SSSR count). The third kappa shape index (κ3) is 21.1. The van der Waals surface area contributed by atoms with E-state index in [2.05, 4.69) is 37.5 Å². The molecular weight excluding hydrogens is 288 g/mol. The van der Waals surface area contributed by atoms with Crippen LogP contribution in [0, 0.1) is 23.7 Å². The van der Waals surface area contributed by atoms with Crippen LogP contribution in [0.15, 0.2) is 0 Å². The van der Waals surface area contributed by atoms with Gasteiger partial charge >= 0.3 is 0 Å². The van der Waals surface area contributed by atoms with Crippen molar-refractivity contribution in [3.8, 4) is 23.7 Å². The van der Waals surface area contributed by atoms with Gasteiger partial charge in [0.2, 0.25) is 0 Å². The molecule has 0 aromatic heterocycles. The first-order chi connectivity index (χ1) is 11.9. The van der Waals surface area contributed by atoms with Crippen molar-refractivity contribution in [2.24, 2.45) is 0 Å². The van der Waals surface area contributed by atoms with Crippen LogP contribution in [0.1, 0.15) is 129 Å². The predicted molar refractivity (Wildman–Crippen MR) is 110 cm³/mol. The summed E-state index contributed by atoms with van der Waals surface area (Å²) in [5.41, 5.74) is 0. The van der Waals surface area contributed by atoms with E-state index >= 15 is 0 Å². The maximum atomic E-state index is 3.31. The molecule has 0 fully saturated rings. The second-order valence-corrected chi connectivity index (χ2v) is 6.91. The molecule has 0 bridgehead atoms. The lowest BCUT2D eigenvalue weighted by atomic mass is 10.0. The zero-order chi connectivity index (χ0) is 17.6. The predicted octanol–water partition coefficient (Wildman–Crippen LogP) is 8.05. The van der Waals surface area contributed by atoms with Crippen molar-refractivity contribution in [3.63, 3.8) is 0 Å². The molecule has 0 aliphatic rings. The quantitative estimate of drug-likeness (QED) is 0.210. The molecule has 0 aliphatic heterocycles. The Hall–Kier alpha value is -0.880. The van der Waals surface area contributed by atoms with Gasteiger partial charge < -0.3 is 0 Å². The van der Waals surface area contributed by atoms with Crippen LogP contribution < -0.4 is 0 Å². The Bertz CT molecular complexity index is 344. The molecule has 0 unspecified atom stereocenters. The lowest BCUT2D eigenvalue weighted by molar-refractivity contribution is 0.543. The van der Waals surface area contributed by atoms with Crippen molar-refractivity contribution < 1.29 is 0 Å². The molecule has 0 aliphatic carbocycles. The Morgan fingerprint density at radius 1 is 0.375 bits per heavy atom. The molecule has 0 aromatic rings. The van der Waals surface area contributed by atoms with Crippen LogP contribution in [0.2, 0.25) is 0 Å². The van der Waals surface area contributed by atoms with Crippen molar-refractivity contribution in [2.75, 3.05) is 0 Å². The molecule has 0 saturated carbocycles. The van der Waals surface area contributed by atoms with Crippen molar-refractivity contribution in [1.29, 1.82) is 0 Å². The van der Waals surface area contributed by atoms with Gasteiger partial charge in [0.25, 0.3) is 0 Å². The normalized spacial score (nSPS) is 9.92. The monoisotopic (exact) mass is 330 g/mol. The molecule has 24 heavy (non-hydrogen) atoms. The molecule has 0 atom stereocenters. The van der Waals surface area contributed by atoms with Gasteiger partial charge in [-0.15, -0.1) is 23.7 Å². The topological polar surface area (TPSA) is 0 Å². The maximum absolute atomic E-state index is 3.31. The van der Waals surface area contributed by atoms with Crippen LogP contribution in [0.4, 0.5) is 0 Å². The van der Waals surface area contributed by atoms with E-state index in [4.69, 9.17) is 0 Å².